The fourth-order valence-electron chi connectivity index (χ4n) is 2.67. The maximum Gasteiger partial charge on any atom is 0.320 e. The van der Waals surface area contributed by atoms with Crippen molar-refractivity contribution in [3.63, 3.8) is 0 Å². The fraction of sp³-hybridized carbons (Fsp3) is 0.600. The van der Waals surface area contributed by atoms with Crippen LogP contribution in [0.1, 0.15) is 25.6 Å². The van der Waals surface area contributed by atoms with E-state index in [-0.39, 0.29) is 18.0 Å². The Labute approximate surface area is 129 Å². The van der Waals surface area contributed by atoms with Crippen molar-refractivity contribution in [2.24, 2.45) is 11.8 Å². The molecule has 6 heteroatoms. The van der Waals surface area contributed by atoms with Gasteiger partial charge in [-0.05, 0) is 31.2 Å². The van der Waals surface area contributed by atoms with E-state index in [4.69, 9.17) is 0 Å². The third kappa shape index (κ3) is 3.56. The van der Waals surface area contributed by atoms with Crippen LogP contribution in [0.15, 0.2) is 17.5 Å². The molecule has 0 spiro atoms. The minimum Gasteiger partial charge on any atom is -0.481 e. The van der Waals surface area contributed by atoms with Gasteiger partial charge in [-0.25, -0.2) is 4.79 Å². The number of carbonyl (C=O) groups is 2. The molecule has 0 aliphatic carbocycles. The molecule has 1 N–H and O–H groups in total. The lowest BCUT2D eigenvalue weighted by atomic mass is 9.99. The van der Waals surface area contributed by atoms with Gasteiger partial charge in [0.05, 0.1) is 12.5 Å². The van der Waals surface area contributed by atoms with Crippen LogP contribution in [0.25, 0.3) is 0 Å². The molecule has 116 valence electrons. The Kier molecular flexibility index (Phi) is 4.88. The van der Waals surface area contributed by atoms with Gasteiger partial charge in [-0.1, -0.05) is 13.0 Å². The summed E-state index contributed by atoms with van der Waals surface area (Å²) in [4.78, 5) is 28.5. The highest BCUT2D eigenvalue weighted by Crippen LogP contribution is 2.25. The maximum atomic E-state index is 12.7. The molecule has 2 heterocycles. The molecular formula is C15H22N2O3S. The van der Waals surface area contributed by atoms with E-state index in [1.807, 2.05) is 43.2 Å². The largest absolute Gasteiger partial charge is 0.481 e. The molecular weight excluding hydrogens is 288 g/mol. The van der Waals surface area contributed by atoms with E-state index in [2.05, 4.69) is 0 Å². The molecule has 2 atom stereocenters. The molecule has 0 bridgehead atoms. The number of urea groups is 1. The molecule has 1 aromatic heterocycles. The fourth-order valence-corrected chi connectivity index (χ4v) is 3.37. The van der Waals surface area contributed by atoms with E-state index in [1.165, 1.54) is 0 Å². The van der Waals surface area contributed by atoms with Crippen LogP contribution < -0.4 is 0 Å². The van der Waals surface area contributed by atoms with E-state index in [1.54, 1.807) is 16.2 Å². The van der Waals surface area contributed by atoms with Gasteiger partial charge in [-0.15, -0.1) is 11.3 Å². The number of aliphatic carboxylic acids is 1. The zero-order valence-electron chi connectivity index (χ0n) is 12.7. The topological polar surface area (TPSA) is 60.9 Å². The number of likely N-dealkylation sites (tertiary alicyclic amines) is 1. The lowest BCUT2D eigenvalue weighted by molar-refractivity contribution is -0.142. The average molecular weight is 310 g/mol. The molecule has 0 radical (unpaired) electrons. The second-order valence-corrected chi connectivity index (χ2v) is 6.94. The molecule has 1 aliphatic rings. The lowest BCUT2D eigenvalue weighted by Crippen LogP contribution is -2.45. The first-order chi connectivity index (χ1) is 9.90. The van der Waals surface area contributed by atoms with Gasteiger partial charge in [0.1, 0.15) is 0 Å². The van der Waals surface area contributed by atoms with Crippen molar-refractivity contribution >= 4 is 23.3 Å². The summed E-state index contributed by atoms with van der Waals surface area (Å²) >= 11 is 1.63. The van der Waals surface area contributed by atoms with Gasteiger partial charge in [0.2, 0.25) is 0 Å². The molecule has 1 aromatic rings. The van der Waals surface area contributed by atoms with Gasteiger partial charge in [0.15, 0.2) is 0 Å². The van der Waals surface area contributed by atoms with Gasteiger partial charge in [-0.3, -0.25) is 4.79 Å². The number of amides is 2. The minimum absolute atomic E-state index is 0.00204. The third-order valence-electron chi connectivity index (χ3n) is 3.98. The van der Waals surface area contributed by atoms with Crippen LogP contribution in [0.3, 0.4) is 0 Å². The first kappa shape index (κ1) is 15.8. The average Bonchev–Trinajstić information content (AvgIpc) is 3.03. The first-order valence-corrected chi connectivity index (χ1v) is 8.08. The van der Waals surface area contributed by atoms with Gasteiger partial charge in [-0.2, -0.15) is 0 Å². The van der Waals surface area contributed by atoms with Crippen molar-refractivity contribution < 1.29 is 14.7 Å². The Morgan fingerprint density at radius 2 is 2.19 bits per heavy atom. The van der Waals surface area contributed by atoms with Crippen molar-refractivity contribution in [3.05, 3.63) is 22.4 Å². The second-order valence-electron chi connectivity index (χ2n) is 5.91. The highest BCUT2D eigenvalue weighted by Gasteiger charge is 2.38. The van der Waals surface area contributed by atoms with E-state index < -0.39 is 11.9 Å². The highest BCUT2D eigenvalue weighted by atomic mass is 32.1. The number of nitrogens with zero attached hydrogens (tertiary/aromatic N) is 2. The number of rotatable bonds is 4. The van der Waals surface area contributed by atoms with Crippen molar-refractivity contribution in [3.8, 4) is 0 Å². The van der Waals surface area contributed by atoms with Crippen molar-refractivity contribution in [1.29, 1.82) is 0 Å². The van der Waals surface area contributed by atoms with Crippen LogP contribution >= 0.6 is 11.3 Å². The first-order valence-electron chi connectivity index (χ1n) is 7.21. The monoisotopic (exact) mass is 310 g/mol. The zero-order chi connectivity index (χ0) is 15.6. The molecule has 5 nitrogen and oxygen atoms in total. The second kappa shape index (κ2) is 6.47. The van der Waals surface area contributed by atoms with Crippen LogP contribution in [0.5, 0.6) is 0 Å². The number of carboxylic acid groups (broad SMARTS) is 1. The minimum atomic E-state index is -0.813. The summed E-state index contributed by atoms with van der Waals surface area (Å²) in [5, 5.41) is 11.2. The summed E-state index contributed by atoms with van der Waals surface area (Å²) in [6, 6.07) is 4.01. The van der Waals surface area contributed by atoms with Crippen LogP contribution in [0.2, 0.25) is 0 Å². The number of carbonyl (C=O) groups excluding carboxylic acids is 1. The van der Waals surface area contributed by atoms with Crippen molar-refractivity contribution in [1.82, 2.24) is 9.80 Å². The number of carboxylic acids is 1. The Balaban J connectivity index is 2.07. The SMILES string of the molecule is CC1CN(C(=O)N(Cc2cccs2)C(C)C)CC1C(=O)O. The summed E-state index contributed by atoms with van der Waals surface area (Å²) in [5.41, 5.74) is 0. The van der Waals surface area contributed by atoms with Gasteiger partial charge >= 0.3 is 12.0 Å². The zero-order valence-corrected chi connectivity index (χ0v) is 13.5. The quantitative estimate of drug-likeness (QED) is 0.930. The summed E-state index contributed by atoms with van der Waals surface area (Å²) in [7, 11) is 0. The molecule has 2 amide bonds. The van der Waals surface area contributed by atoms with E-state index >= 15 is 0 Å². The Morgan fingerprint density at radius 1 is 1.48 bits per heavy atom. The highest BCUT2D eigenvalue weighted by molar-refractivity contribution is 7.09. The smallest absolute Gasteiger partial charge is 0.320 e. The number of hydrogen-bond acceptors (Lipinski definition) is 3. The maximum absolute atomic E-state index is 12.7. The van der Waals surface area contributed by atoms with E-state index in [0.29, 0.717) is 19.6 Å². The van der Waals surface area contributed by atoms with Gasteiger partial charge in [0.25, 0.3) is 0 Å². The summed E-state index contributed by atoms with van der Waals surface area (Å²) in [6.07, 6.45) is 0. The summed E-state index contributed by atoms with van der Waals surface area (Å²) in [6.45, 7) is 7.27. The van der Waals surface area contributed by atoms with Crippen LogP contribution in [0.4, 0.5) is 4.79 Å². The Hall–Kier alpha value is -1.56. The van der Waals surface area contributed by atoms with Crippen LogP contribution in [-0.2, 0) is 11.3 Å². The standard InChI is InChI=1S/C15H22N2O3S/c1-10(2)17(8-12-5-4-6-21-12)15(20)16-7-11(3)13(9-16)14(18)19/h4-6,10-11,13H,7-9H2,1-3H3,(H,18,19). The van der Waals surface area contributed by atoms with Crippen LogP contribution in [-0.4, -0.2) is 46.0 Å². The lowest BCUT2D eigenvalue weighted by Gasteiger charge is -2.31. The molecule has 21 heavy (non-hydrogen) atoms. The molecule has 1 aliphatic heterocycles. The molecule has 0 aromatic carbocycles. The normalized spacial score (nSPS) is 21.8. The Morgan fingerprint density at radius 3 is 2.67 bits per heavy atom. The van der Waals surface area contributed by atoms with E-state index in [9.17, 15) is 14.7 Å². The third-order valence-corrected chi connectivity index (χ3v) is 4.84. The summed E-state index contributed by atoms with van der Waals surface area (Å²) in [5.74, 6) is -1.26. The van der Waals surface area contributed by atoms with Gasteiger partial charge in [0, 0.05) is 24.0 Å². The molecule has 2 rings (SSSR count). The Bertz CT molecular complexity index is 501. The predicted molar refractivity (Wildman–Crippen MR) is 82.3 cm³/mol. The number of hydrogen-bond donors (Lipinski definition) is 1. The van der Waals surface area contributed by atoms with Crippen LogP contribution in [0, 0.1) is 11.8 Å². The van der Waals surface area contributed by atoms with E-state index in [0.717, 1.165) is 4.88 Å². The predicted octanol–water partition coefficient (Wildman–Crippen LogP) is 2.73. The molecule has 1 saturated heterocycles. The van der Waals surface area contributed by atoms with Crippen molar-refractivity contribution in [2.45, 2.75) is 33.4 Å². The number of thiophene rings is 1. The van der Waals surface area contributed by atoms with Gasteiger partial charge < -0.3 is 14.9 Å². The molecule has 0 saturated carbocycles. The molecule has 1 fully saturated rings. The molecule has 2 unspecified atom stereocenters. The van der Waals surface area contributed by atoms with Crippen molar-refractivity contribution in [2.75, 3.05) is 13.1 Å². The summed E-state index contributed by atoms with van der Waals surface area (Å²) < 4.78 is 0.